The van der Waals surface area contributed by atoms with Gasteiger partial charge in [-0.3, -0.25) is 9.59 Å². The summed E-state index contributed by atoms with van der Waals surface area (Å²) in [5.74, 6) is -0.642. The van der Waals surface area contributed by atoms with Crippen LogP contribution in [0.3, 0.4) is 0 Å². The molecular formula is C17H19NO4. The Kier molecular flexibility index (Phi) is 5.36. The summed E-state index contributed by atoms with van der Waals surface area (Å²) in [4.78, 5) is 24.1. The van der Waals surface area contributed by atoms with Crippen LogP contribution in [-0.2, 0) is 9.53 Å². The summed E-state index contributed by atoms with van der Waals surface area (Å²) in [6.07, 6.45) is 2.68. The van der Waals surface area contributed by atoms with Crippen LogP contribution in [0.5, 0.6) is 0 Å². The monoisotopic (exact) mass is 301 g/mol. The molecule has 0 radical (unpaired) electrons. The van der Waals surface area contributed by atoms with Crippen molar-refractivity contribution in [2.75, 3.05) is 0 Å². The van der Waals surface area contributed by atoms with Gasteiger partial charge in [0.05, 0.1) is 30.4 Å². The Balaban J connectivity index is 2.11. The third-order valence-electron chi connectivity index (χ3n) is 3.03. The van der Waals surface area contributed by atoms with Crippen molar-refractivity contribution in [3.05, 3.63) is 60.1 Å². The summed E-state index contributed by atoms with van der Waals surface area (Å²) in [5.41, 5.74) is 1.26. The number of nitrogens with one attached hydrogen (secondary N) is 1. The van der Waals surface area contributed by atoms with Crippen LogP contribution < -0.4 is 5.32 Å². The maximum absolute atomic E-state index is 12.2. The van der Waals surface area contributed by atoms with E-state index in [0.29, 0.717) is 5.56 Å². The van der Waals surface area contributed by atoms with Gasteiger partial charge in [0.1, 0.15) is 6.26 Å². The Hall–Kier alpha value is -2.56. The van der Waals surface area contributed by atoms with Crippen LogP contribution in [0.2, 0.25) is 0 Å². The molecule has 1 amide bonds. The lowest BCUT2D eigenvalue weighted by molar-refractivity contribution is -0.147. The second kappa shape index (κ2) is 7.45. The van der Waals surface area contributed by atoms with Gasteiger partial charge in [-0.2, -0.15) is 0 Å². The molecule has 0 aliphatic heterocycles. The van der Waals surface area contributed by atoms with Gasteiger partial charge in [-0.15, -0.1) is 0 Å². The molecule has 1 unspecified atom stereocenters. The van der Waals surface area contributed by atoms with Gasteiger partial charge in [0, 0.05) is 0 Å². The maximum Gasteiger partial charge on any atom is 0.308 e. The molecule has 116 valence electrons. The summed E-state index contributed by atoms with van der Waals surface area (Å²) < 4.78 is 10.1. The molecule has 5 nitrogen and oxygen atoms in total. The van der Waals surface area contributed by atoms with E-state index in [9.17, 15) is 9.59 Å². The molecule has 0 fully saturated rings. The highest BCUT2D eigenvalue weighted by atomic mass is 16.5. The zero-order valence-electron chi connectivity index (χ0n) is 12.6. The van der Waals surface area contributed by atoms with Gasteiger partial charge in [-0.1, -0.05) is 30.3 Å². The van der Waals surface area contributed by atoms with Gasteiger partial charge >= 0.3 is 5.97 Å². The maximum atomic E-state index is 12.2. The van der Waals surface area contributed by atoms with Gasteiger partial charge < -0.3 is 14.5 Å². The van der Waals surface area contributed by atoms with E-state index in [1.54, 1.807) is 19.9 Å². The SMILES string of the molecule is CC(C)OC(=O)CC(NC(=O)c1ccoc1)c1ccccc1. The van der Waals surface area contributed by atoms with Crippen molar-refractivity contribution in [1.29, 1.82) is 0 Å². The van der Waals surface area contributed by atoms with E-state index in [2.05, 4.69) is 5.32 Å². The van der Waals surface area contributed by atoms with Crippen molar-refractivity contribution in [3.8, 4) is 0 Å². The molecule has 0 aliphatic carbocycles. The van der Waals surface area contributed by atoms with Crippen LogP contribution in [0.25, 0.3) is 0 Å². The predicted molar refractivity (Wildman–Crippen MR) is 81.2 cm³/mol. The minimum atomic E-state index is -0.449. The first-order valence-electron chi connectivity index (χ1n) is 7.13. The van der Waals surface area contributed by atoms with Crippen molar-refractivity contribution in [3.63, 3.8) is 0 Å². The van der Waals surface area contributed by atoms with E-state index in [-0.39, 0.29) is 24.4 Å². The van der Waals surface area contributed by atoms with Crippen molar-refractivity contribution in [2.45, 2.75) is 32.4 Å². The summed E-state index contributed by atoms with van der Waals surface area (Å²) >= 11 is 0. The number of esters is 1. The lowest BCUT2D eigenvalue weighted by Gasteiger charge is -2.19. The Morgan fingerprint density at radius 3 is 2.50 bits per heavy atom. The first kappa shape index (κ1) is 15.8. The summed E-state index contributed by atoms with van der Waals surface area (Å²) in [6.45, 7) is 3.58. The molecule has 0 saturated heterocycles. The highest BCUT2D eigenvalue weighted by Crippen LogP contribution is 2.18. The van der Waals surface area contributed by atoms with E-state index < -0.39 is 6.04 Å². The highest BCUT2D eigenvalue weighted by Gasteiger charge is 2.21. The first-order chi connectivity index (χ1) is 10.6. The van der Waals surface area contributed by atoms with Crippen LogP contribution in [-0.4, -0.2) is 18.0 Å². The normalized spacial score (nSPS) is 12.0. The molecule has 1 aromatic carbocycles. The quantitative estimate of drug-likeness (QED) is 0.832. The number of furan rings is 1. The van der Waals surface area contributed by atoms with Crippen LogP contribution in [0.15, 0.2) is 53.3 Å². The Morgan fingerprint density at radius 1 is 1.18 bits per heavy atom. The topological polar surface area (TPSA) is 68.5 Å². The van der Waals surface area contributed by atoms with Crippen LogP contribution in [0, 0.1) is 0 Å². The molecule has 0 aliphatic rings. The van der Waals surface area contributed by atoms with E-state index >= 15 is 0 Å². The molecule has 1 aromatic heterocycles. The highest BCUT2D eigenvalue weighted by molar-refractivity contribution is 5.94. The Labute approximate surface area is 129 Å². The number of benzene rings is 1. The van der Waals surface area contributed by atoms with Crippen molar-refractivity contribution < 1.29 is 18.7 Å². The third-order valence-corrected chi connectivity index (χ3v) is 3.03. The first-order valence-corrected chi connectivity index (χ1v) is 7.13. The lowest BCUT2D eigenvalue weighted by Crippen LogP contribution is -2.30. The van der Waals surface area contributed by atoms with E-state index in [1.807, 2.05) is 30.3 Å². The van der Waals surface area contributed by atoms with Crippen molar-refractivity contribution >= 4 is 11.9 Å². The molecule has 2 rings (SSSR count). The number of carbonyl (C=O) groups excluding carboxylic acids is 2. The van der Waals surface area contributed by atoms with Gasteiger partial charge in [0.15, 0.2) is 0 Å². The Bertz CT molecular complexity index is 605. The fourth-order valence-electron chi connectivity index (χ4n) is 2.05. The fraction of sp³-hybridized carbons (Fsp3) is 0.294. The second-order valence-electron chi connectivity index (χ2n) is 5.19. The van der Waals surface area contributed by atoms with Crippen LogP contribution in [0.1, 0.15) is 42.2 Å². The lowest BCUT2D eigenvalue weighted by atomic mass is 10.0. The summed E-state index contributed by atoms with van der Waals surface area (Å²) in [7, 11) is 0. The number of carbonyl (C=O) groups is 2. The van der Waals surface area contributed by atoms with Crippen molar-refractivity contribution in [2.24, 2.45) is 0 Å². The molecule has 1 atom stereocenters. The average molecular weight is 301 g/mol. The van der Waals surface area contributed by atoms with E-state index in [0.717, 1.165) is 5.56 Å². The minimum absolute atomic E-state index is 0.0752. The molecular weight excluding hydrogens is 282 g/mol. The predicted octanol–water partition coefficient (Wildman–Crippen LogP) is 3.09. The number of rotatable bonds is 6. The van der Waals surface area contributed by atoms with Gasteiger partial charge in [0.2, 0.25) is 0 Å². The molecule has 1 N–H and O–H groups in total. The van der Waals surface area contributed by atoms with Gasteiger partial charge in [0.25, 0.3) is 5.91 Å². The van der Waals surface area contributed by atoms with E-state index in [1.165, 1.54) is 12.5 Å². The molecule has 0 saturated carbocycles. The number of hydrogen-bond acceptors (Lipinski definition) is 4. The van der Waals surface area contributed by atoms with Crippen molar-refractivity contribution in [1.82, 2.24) is 5.32 Å². The largest absolute Gasteiger partial charge is 0.472 e. The second-order valence-corrected chi connectivity index (χ2v) is 5.19. The Morgan fingerprint density at radius 2 is 1.91 bits per heavy atom. The average Bonchev–Trinajstić information content (AvgIpc) is 3.01. The number of amides is 1. The smallest absolute Gasteiger partial charge is 0.308 e. The number of ether oxygens (including phenoxy) is 1. The standard InChI is InChI=1S/C17H19NO4/c1-12(2)22-16(19)10-15(13-6-4-3-5-7-13)18-17(20)14-8-9-21-11-14/h3-9,11-12,15H,10H2,1-2H3,(H,18,20). The number of hydrogen-bond donors (Lipinski definition) is 1. The summed E-state index contributed by atoms with van der Waals surface area (Å²) in [6, 6.07) is 10.5. The fourth-order valence-corrected chi connectivity index (χ4v) is 2.05. The van der Waals surface area contributed by atoms with Gasteiger partial charge in [-0.25, -0.2) is 0 Å². The molecule has 0 spiro atoms. The third kappa shape index (κ3) is 4.48. The zero-order chi connectivity index (χ0) is 15.9. The van der Waals surface area contributed by atoms with Gasteiger partial charge in [-0.05, 0) is 25.5 Å². The molecule has 5 heteroatoms. The summed E-state index contributed by atoms with van der Waals surface area (Å²) in [5, 5.41) is 2.84. The van der Waals surface area contributed by atoms with Crippen LogP contribution in [0.4, 0.5) is 0 Å². The minimum Gasteiger partial charge on any atom is -0.472 e. The molecule has 2 aromatic rings. The van der Waals surface area contributed by atoms with E-state index in [4.69, 9.17) is 9.15 Å². The molecule has 22 heavy (non-hydrogen) atoms. The van der Waals surface area contributed by atoms with Crippen LogP contribution >= 0.6 is 0 Å². The molecule has 0 bridgehead atoms. The molecule has 1 heterocycles. The zero-order valence-corrected chi connectivity index (χ0v) is 12.6.